The predicted molar refractivity (Wildman–Crippen MR) is 117 cm³/mol. The molecule has 0 fully saturated rings. The van der Waals surface area contributed by atoms with E-state index in [1.807, 2.05) is 18.2 Å². The van der Waals surface area contributed by atoms with Crippen molar-refractivity contribution in [2.45, 2.75) is 25.7 Å². The Balaban J connectivity index is 0.00000338. The third-order valence-corrected chi connectivity index (χ3v) is 4.27. The first-order valence-electron chi connectivity index (χ1n) is 8.22. The average Bonchev–Trinajstić information content (AvgIpc) is 2.60. The average molecular weight is 491 g/mol. The molecule has 0 aliphatic heterocycles. The van der Waals surface area contributed by atoms with Crippen molar-refractivity contribution in [2.24, 2.45) is 4.99 Å². The third kappa shape index (κ3) is 7.07. The van der Waals surface area contributed by atoms with E-state index in [-0.39, 0.29) is 35.2 Å². The first kappa shape index (κ1) is 22.6. The normalized spacial score (nSPS) is 11.7. The molecule has 0 radical (unpaired) electrons. The van der Waals surface area contributed by atoms with Crippen LogP contribution in [0.2, 0.25) is 5.15 Å². The van der Waals surface area contributed by atoms with Crippen LogP contribution in [0.1, 0.15) is 25.0 Å². The topological polar surface area (TPSA) is 49.3 Å². The Morgan fingerprint density at radius 1 is 1.15 bits per heavy atom. The van der Waals surface area contributed by atoms with Gasteiger partial charge in [-0.15, -0.1) is 24.0 Å². The lowest BCUT2D eigenvalue weighted by atomic mass is 9.84. The van der Waals surface area contributed by atoms with Crippen molar-refractivity contribution in [2.75, 3.05) is 20.1 Å². The Morgan fingerprint density at radius 2 is 1.85 bits per heavy atom. The van der Waals surface area contributed by atoms with Crippen molar-refractivity contribution in [1.82, 2.24) is 15.6 Å². The molecular weight excluding hydrogens is 466 g/mol. The number of halogens is 3. The summed E-state index contributed by atoms with van der Waals surface area (Å²) in [6.07, 6.45) is 2.60. The van der Waals surface area contributed by atoms with Crippen LogP contribution in [0.15, 0.2) is 47.6 Å². The van der Waals surface area contributed by atoms with Crippen molar-refractivity contribution in [3.63, 3.8) is 0 Å². The molecule has 0 aliphatic carbocycles. The first-order valence-corrected chi connectivity index (χ1v) is 8.59. The molecule has 4 nitrogen and oxygen atoms in total. The van der Waals surface area contributed by atoms with Crippen molar-refractivity contribution in [3.8, 4) is 0 Å². The van der Waals surface area contributed by atoms with Gasteiger partial charge < -0.3 is 10.6 Å². The van der Waals surface area contributed by atoms with Crippen molar-refractivity contribution in [1.29, 1.82) is 0 Å². The zero-order valence-electron chi connectivity index (χ0n) is 15.2. The number of benzene rings is 1. The van der Waals surface area contributed by atoms with Gasteiger partial charge in [0.25, 0.3) is 0 Å². The second-order valence-corrected chi connectivity index (χ2v) is 6.87. The second-order valence-electron chi connectivity index (χ2n) is 6.48. The Morgan fingerprint density at radius 3 is 2.42 bits per heavy atom. The molecule has 0 atom stereocenters. The van der Waals surface area contributed by atoms with E-state index in [2.05, 4.69) is 34.5 Å². The molecule has 1 aromatic carbocycles. The summed E-state index contributed by atoms with van der Waals surface area (Å²) >= 11 is 5.79. The van der Waals surface area contributed by atoms with Gasteiger partial charge in [0.2, 0.25) is 0 Å². The summed E-state index contributed by atoms with van der Waals surface area (Å²) in [6, 6.07) is 10.4. The molecule has 2 rings (SSSR count). The van der Waals surface area contributed by atoms with E-state index in [4.69, 9.17) is 11.6 Å². The van der Waals surface area contributed by atoms with Gasteiger partial charge in [-0.05, 0) is 35.7 Å². The van der Waals surface area contributed by atoms with Crippen LogP contribution >= 0.6 is 35.6 Å². The van der Waals surface area contributed by atoms with E-state index >= 15 is 0 Å². The van der Waals surface area contributed by atoms with Crippen LogP contribution in [-0.4, -0.2) is 31.1 Å². The van der Waals surface area contributed by atoms with E-state index in [0.29, 0.717) is 11.7 Å². The number of nitrogens with one attached hydrogen (secondary N) is 2. The molecule has 26 heavy (non-hydrogen) atoms. The smallest absolute Gasteiger partial charge is 0.191 e. The number of aromatic nitrogens is 1. The summed E-state index contributed by atoms with van der Waals surface area (Å²) in [5.41, 5.74) is 2.04. The van der Waals surface area contributed by atoms with Gasteiger partial charge in [0.1, 0.15) is 11.0 Å². The fourth-order valence-corrected chi connectivity index (χ4v) is 2.52. The number of guanidine groups is 1. The molecule has 142 valence electrons. The second kappa shape index (κ2) is 10.7. The number of hydrogen-bond acceptors (Lipinski definition) is 2. The van der Waals surface area contributed by atoms with E-state index < -0.39 is 0 Å². The third-order valence-electron chi connectivity index (χ3n) is 4.04. The monoisotopic (exact) mass is 490 g/mol. The zero-order chi connectivity index (χ0) is 18.3. The highest BCUT2D eigenvalue weighted by Gasteiger charge is 2.20. The Hall–Kier alpha value is -1.41. The zero-order valence-corrected chi connectivity index (χ0v) is 18.3. The summed E-state index contributed by atoms with van der Waals surface area (Å²) in [5.74, 6) is 0.513. The van der Waals surface area contributed by atoms with Crippen LogP contribution in [0.4, 0.5) is 4.39 Å². The van der Waals surface area contributed by atoms with E-state index in [1.54, 1.807) is 19.3 Å². The molecule has 0 saturated heterocycles. The highest BCUT2D eigenvalue weighted by molar-refractivity contribution is 14.0. The number of hydrogen-bond donors (Lipinski definition) is 2. The van der Waals surface area contributed by atoms with Crippen LogP contribution in [0, 0.1) is 5.82 Å². The van der Waals surface area contributed by atoms with Crippen molar-refractivity contribution < 1.29 is 4.39 Å². The maximum absolute atomic E-state index is 13.1. The number of aliphatic imine (C=N–C) groups is 1. The molecule has 0 bridgehead atoms. The lowest BCUT2D eigenvalue weighted by molar-refractivity contribution is 0.507. The SMILES string of the molecule is CN=C(NCCc1ccc(Cl)nc1)NCC(C)(C)c1ccc(F)cc1.I. The number of nitrogens with zero attached hydrogens (tertiary/aromatic N) is 2. The summed E-state index contributed by atoms with van der Waals surface area (Å²) in [5, 5.41) is 7.11. The number of pyridine rings is 1. The van der Waals surface area contributed by atoms with E-state index in [1.165, 1.54) is 12.1 Å². The van der Waals surface area contributed by atoms with Gasteiger partial charge in [-0.1, -0.05) is 43.6 Å². The molecule has 0 unspecified atom stereocenters. The fraction of sp³-hybridized carbons (Fsp3) is 0.368. The van der Waals surface area contributed by atoms with Crippen LogP contribution < -0.4 is 10.6 Å². The summed E-state index contributed by atoms with van der Waals surface area (Å²) in [7, 11) is 1.74. The summed E-state index contributed by atoms with van der Waals surface area (Å²) in [6.45, 7) is 5.64. The van der Waals surface area contributed by atoms with Crippen LogP contribution in [-0.2, 0) is 11.8 Å². The van der Waals surface area contributed by atoms with Gasteiger partial charge in [-0.2, -0.15) is 0 Å². The minimum atomic E-state index is -0.221. The Kier molecular flexibility index (Phi) is 9.29. The maximum Gasteiger partial charge on any atom is 0.191 e. The van der Waals surface area contributed by atoms with Gasteiger partial charge >= 0.3 is 0 Å². The largest absolute Gasteiger partial charge is 0.356 e. The fourth-order valence-electron chi connectivity index (χ4n) is 2.41. The van der Waals surface area contributed by atoms with Crippen LogP contribution in [0.3, 0.4) is 0 Å². The first-order chi connectivity index (χ1) is 11.9. The van der Waals surface area contributed by atoms with Crippen LogP contribution in [0.5, 0.6) is 0 Å². The maximum atomic E-state index is 13.1. The molecule has 1 heterocycles. The van der Waals surface area contributed by atoms with E-state index in [0.717, 1.165) is 30.1 Å². The van der Waals surface area contributed by atoms with Gasteiger partial charge in [-0.3, -0.25) is 4.99 Å². The van der Waals surface area contributed by atoms with Gasteiger partial charge in [0.05, 0.1) is 0 Å². The van der Waals surface area contributed by atoms with Gasteiger partial charge in [-0.25, -0.2) is 9.37 Å². The lowest BCUT2D eigenvalue weighted by Crippen LogP contribution is -2.44. The molecule has 0 saturated carbocycles. The minimum absolute atomic E-state index is 0. The molecule has 0 spiro atoms. The number of rotatable bonds is 6. The molecule has 2 aromatic rings. The molecule has 0 amide bonds. The van der Waals surface area contributed by atoms with Crippen LogP contribution in [0.25, 0.3) is 0 Å². The Labute approximate surface area is 176 Å². The Bertz CT molecular complexity index is 702. The minimum Gasteiger partial charge on any atom is -0.356 e. The highest BCUT2D eigenvalue weighted by Crippen LogP contribution is 2.22. The molecule has 7 heteroatoms. The highest BCUT2D eigenvalue weighted by atomic mass is 127. The van der Waals surface area contributed by atoms with Gasteiger partial charge in [0, 0.05) is 31.7 Å². The lowest BCUT2D eigenvalue weighted by Gasteiger charge is -2.26. The quantitative estimate of drug-likeness (QED) is 0.276. The van der Waals surface area contributed by atoms with E-state index in [9.17, 15) is 4.39 Å². The van der Waals surface area contributed by atoms with Crippen molar-refractivity contribution >= 4 is 41.5 Å². The summed E-state index contributed by atoms with van der Waals surface area (Å²) in [4.78, 5) is 8.31. The predicted octanol–water partition coefficient (Wildman–Crippen LogP) is 4.18. The molecule has 1 aromatic heterocycles. The molecular formula is C19H25ClFIN4. The summed E-state index contributed by atoms with van der Waals surface area (Å²) < 4.78 is 13.1. The van der Waals surface area contributed by atoms with Gasteiger partial charge in [0.15, 0.2) is 5.96 Å². The molecule has 2 N–H and O–H groups in total. The van der Waals surface area contributed by atoms with Crippen molar-refractivity contribution in [3.05, 3.63) is 64.7 Å². The standard InChI is InChI=1S/C19H24ClFN4.HI/c1-19(2,15-5-7-16(21)8-6-15)13-25-18(22-3)23-11-10-14-4-9-17(20)24-12-14;/h4-9,12H,10-11,13H2,1-3H3,(H2,22,23,25);1H. The molecule has 0 aliphatic rings.